The molecule has 0 unspecified atom stereocenters. The smallest absolute Gasteiger partial charge is 0.288 e. The van der Waals surface area contributed by atoms with Gasteiger partial charge in [-0.3, -0.25) is 19.7 Å². The van der Waals surface area contributed by atoms with Crippen LogP contribution in [-0.2, 0) is 9.59 Å². The topological polar surface area (TPSA) is 114 Å². The average molecular weight is 367 g/mol. The van der Waals surface area contributed by atoms with Gasteiger partial charge in [0.2, 0.25) is 5.91 Å². The lowest BCUT2D eigenvalue weighted by atomic mass is 9.89. The molecule has 134 valence electrons. The zero-order chi connectivity index (χ0) is 18.2. The second-order valence-corrected chi connectivity index (χ2v) is 6.22. The molecule has 1 saturated carbocycles. The maximum absolute atomic E-state index is 11.9. The van der Waals surface area contributed by atoms with Gasteiger partial charge in [0.05, 0.1) is 17.7 Å². The molecule has 2 rings (SSSR count). The van der Waals surface area contributed by atoms with Crippen molar-refractivity contribution in [3.63, 3.8) is 0 Å². The summed E-state index contributed by atoms with van der Waals surface area (Å²) in [5, 5.41) is 17.1. The van der Waals surface area contributed by atoms with Crippen LogP contribution in [0.3, 0.4) is 0 Å². The van der Waals surface area contributed by atoms with E-state index in [1.165, 1.54) is 24.4 Å². The van der Waals surface area contributed by atoms with Crippen molar-refractivity contribution >= 4 is 35.3 Å². The molecule has 0 aromatic heterocycles. The minimum Gasteiger partial charge on any atom is -0.347 e. The van der Waals surface area contributed by atoms with Gasteiger partial charge in [-0.2, -0.15) is 5.10 Å². The molecule has 8 nitrogen and oxygen atoms in total. The Bertz CT molecular complexity index is 687. The Kier molecular flexibility index (Phi) is 6.88. The molecule has 1 aliphatic rings. The molecule has 25 heavy (non-hydrogen) atoms. The van der Waals surface area contributed by atoms with Gasteiger partial charge in [0.1, 0.15) is 5.02 Å². The number of halogens is 1. The molecule has 2 amide bonds. The van der Waals surface area contributed by atoms with E-state index in [2.05, 4.69) is 15.8 Å². The van der Waals surface area contributed by atoms with Crippen LogP contribution in [0, 0.1) is 16.0 Å². The summed E-state index contributed by atoms with van der Waals surface area (Å²) >= 11 is 5.71. The first-order chi connectivity index (χ1) is 12.0. The van der Waals surface area contributed by atoms with Crippen LogP contribution in [0.15, 0.2) is 23.3 Å². The third-order valence-electron chi connectivity index (χ3n) is 3.97. The fourth-order valence-electron chi connectivity index (χ4n) is 2.64. The minimum atomic E-state index is -0.598. The predicted octanol–water partition coefficient (Wildman–Crippen LogP) is 2.39. The SMILES string of the molecule is O=C(CNC(=O)C1CCCCC1)NN=Cc1ccc(Cl)c([N+](=O)[O-])c1. The fourth-order valence-corrected chi connectivity index (χ4v) is 2.83. The number of nitro benzene ring substituents is 1. The number of amides is 2. The molecule has 0 spiro atoms. The predicted molar refractivity (Wildman–Crippen MR) is 93.4 cm³/mol. The average Bonchev–Trinajstić information content (AvgIpc) is 2.61. The highest BCUT2D eigenvalue weighted by atomic mass is 35.5. The number of nitrogens with zero attached hydrogens (tertiary/aromatic N) is 2. The largest absolute Gasteiger partial charge is 0.347 e. The summed E-state index contributed by atoms with van der Waals surface area (Å²) in [5.74, 6) is -0.587. The Balaban J connectivity index is 1.79. The van der Waals surface area contributed by atoms with E-state index in [0.717, 1.165) is 32.1 Å². The minimum absolute atomic E-state index is 0.0142. The third kappa shape index (κ3) is 5.82. The van der Waals surface area contributed by atoms with Gasteiger partial charge in [0.25, 0.3) is 11.6 Å². The fraction of sp³-hybridized carbons (Fsp3) is 0.438. The number of rotatable bonds is 6. The molecule has 1 aromatic rings. The summed E-state index contributed by atoms with van der Waals surface area (Å²) in [6.07, 6.45) is 6.23. The molecule has 0 atom stereocenters. The second kappa shape index (κ2) is 9.12. The number of hydrogen-bond donors (Lipinski definition) is 2. The third-order valence-corrected chi connectivity index (χ3v) is 4.29. The summed E-state index contributed by atoms with van der Waals surface area (Å²) in [4.78, 5) is 33.8. The van der Waals surface area contributed by atoms with Crippen LogP contribution in [0.25, 0.3) is 0 Å². The first-order valence-electron chi connectivity index (χ1n) is 8.01. The van der Waals surface area contributed by atoms with E-state index < -0.39 is 10.8 Å². The molecule has 2 N–H and O–H groups in total. The number of nitro groups is 1. The number of hydrogen-bond acceptors (Lipinski definition) is 5. The monoisotopic (exact) mass is 366 g/mol. The quantitative estimate of drug-likeness (QED) is 0.457. The summed E-state index contributed by atoms with van der Waals surface area (Å²) in [6, 6.07) is 4.17. The standard InChI is InChI=1S/C16H19ClN4O4/c17-13-7-6-11(8-14(13)21(24)25)9-19-20-15(22)10-18-16(23)12-4-2-1-3-5-12/h6-9,12H,1-5,10H2,(H,18,23)(H,20,22). The Hall–Kier alpha value is -2.48. The van der Waals surface area contributed by atoms with Gasteiger partial charge in [-0.25, -0.2) is 5.43 Å². The zero-order valence-corrected chi connectivity index (χ0v) is 14.3. The summed E-state index contributed by atoms with van der Waals surface area (Å²) in [6.45, 7) is -0.159. The summed E-state index contributed by atoms with van der Waals surface area (Å²) < 4.78 is 0. The molecular formula is C16H19ClN4O4. The van der Waals surface area contributed by atoms with Crippen LogP contribution in [0.1, 0.15) is 37.7 Å². The van der Waals surface area contributed by atoms with Gasteiger partial charge in [-0.15, -0.1) is 0 Å². The second-order valence-electron chi connectivity index (χ2n) is 5.81. The van der Waals surface area contributed by atoms with Crippen molar-refractivity contribution in [1.29, 1.82) is 0 Å². The van der Waals surface area contributed by atoms with E-state index in [0.29, 0.717) is 5.56 Å². The molecule has 0 radical (unpaired) electrons. The van der Waals surface area contributed by atoms with Crippen LogP contribution in [-0.4, -0.2) is 29.5 Å². The van der Waals surface area contributed by atoms with E-state index in [9.17, 15) is 19.7 Å². The van der Waals surface area contributed by atoms with E-state index in [-0.39, 0.29) is 29.1 Å². The highest BCUT2D eigenvalue weighted by Crippen LogP contribution is 2.24. The van der Waals surface area contributed by atoms with Crippen LogP contribution < -0.4 is 10.7 Å². The molecule has 0 bridgehead atoms. The van der Waals surface area contributed by atoms with Crippen LogP contribution in [0.2, 0.25) is 5.02 Å². The van der Waals surface area contributed by atoms with Crippen molar-refractivity contribution in [3.05, 3.63) is 38.9 Å². The first-order valence-corrected chi connectivity index (χ1v) is 8.38. The number of carbonyl (C=O) groups is 2. The first kappa shape index (κ1) is 18.9. The van der Waals surface area contributed by atoms with Gasteiger partial charge in [0, 0.05) is 17.5 Å². The normalized spacial score (nSPS) is 15.1. The number of hydrazone groups is 1. The number of benzene rings is 1. The highest BCUT2D eigenvalue weighted by molar-refractivity contribution is 6.32. The van der Waals surface area contributed by atoms with Crippen LogP contribution in [0.5, 0.6) is 0 Å². The van der Waals surface area contributed by atoms with Gasteiger partial charge in [-0.05, 0) is 18.9 Å². The van der Waals surface area contributed by atoms with Gasteiger partial charge in [0.15, 0.2) is 0 Å². The Morgan fingerprint density at radius 2 is 2.04 bits per heavy atom. The Morgan fingerprint density at radius 3 is 2.72 bits per heavy atom. The van der Waals surface area contributed by atoms with Gasteiger partial charge < -0.3 is 5.32 Å². The van der Waals surface area contributed by atoms with E-state index >= 15 is 0 Å². The lowest BCUT2D eigenvalue weighted by Gasteiger charge is -2.20. The van der Waals surface area contributed by atoms with Crippen LogP contribution in [0.4, 0.5) is 5.69 Å². The summed E-state index contributed by atoms with van der Waals surface area (Å²) in [7, 11) is 0. The Morgan fingerprint density at radius 1 is 1.32 bits per heavy atom. The van der Waals surface area contributed by atoms with Crippen LogP contribution >= 0.6 is 11.6 Å². The molecule has 1 aliphatic carbocycles. The van der Waals surface area contributed by atoms with Crippen molar-refractivity contribution in [2.45, 2.75) is 32.1 Å². The van der Waals surface area contributed by atoms with E-state index in [1.54, 1.807) is 0 Å². The zero-order valence-electron chi connectivity index (χ0n) is 13.5. The van der Waals surface area contributed by atoms with Crippen molar-refractivity contribution in [1.82, 2.24) is 10.7 Å². The molecule has 0 aliphatic heterocycles. The molecule has 0 saturated heterocycles. The maximum atomic E-state index is 11.9. The van der Waals surface area contributed by atoms with E-state index in [4.69, 9.17) is 11.6 Å². The molecule has 0 heterocycles. The Labute approximate surface area is 149 Å². The van der Waals surface area contributed by atoms with Crippen molar-refractivity contribution in [3.8, 4) is 0 Å². The van der Waals surface area contributed by atoms with Crippen molar-refractivity contribution in [2.75, 3.05) is 6.54 Å². The lowest BCUT2D eigenvalue weighted by molar-refractivity contribution is -0.384. The maximum Gasteiger partial charge on any atom is 0.288 e. The molecular weight excluding hydrogens is 348 g/mol. The van der Waals surface area contributed by atoms with Gasteiger partial charge >= 0.3 is 0 Å². The number of nitrogens with one attached hydrogen (secondary N) is 2. The molecule has 9 heteroatoms. The highest BCUT2D eigenvalue weighted by Gasteiger charge is 2.21. The lowest BCUT2D eigenvalue weighted by Crippen LogP contribution is -2.38. The van der Waals surface area contributed by atoms with Gasteiger partial charge in [-0.1, -0.05) is 36.9 Å². The number of carbonyl (C=O) groups excluding carboxylic acids is 2. The molecule has 1 aromatic carbocycles. The van der Waals surface area contributed by atoms with E-state index in [1.807, 2.05) is 0 Å². The van der Waals surface area contributed by atoms with Crippen molar-refractivity contribution in [2.24, 2.45) is 11.0 Å². The van der Waals surface area contributed by atoms with Crippen molar-refractivity contribution < 1.29 is 14.5 Å². The summed E-state index contributed by atoms with van der Waals surface area (Å²) in [5.41, 5.74) is 2.45. The molecule has 1 fully saturated rings.